The summed E-state index contributed by atoms with van der Waals surface area (Å²) in [4.78, 5) is 16.1. The highest BCUT2D eigenvalue weighted by Gasteiger charge is 2.19. The molecular formula is C10H10N4O2. The van der Waals surface area contributed by atoms with Crippen LogP contribution >= 0.6 is 0 Å². The third kappa shape index (κ3) is 1.80. The van der Waals surface area contributed by atoms with Gasteiger partial charge in [-0.1, -0.05) is 0 Å². The topological polar surface area (TPSA) is 83.1 Å². The molecule has 0 atom stereocenters. The number of aromatic nitrogens is 1. The zero-order valence-corrected chi connectivity index (χ0v) is 8.59. The Kier molecular flexibility index (Phi) is 2.68. The maximum Gasteiger partial charge on any atom is 0.305 e. The smallest absolute Gasteiger partial charge is 0.305 e. The van der Waals surface area contributed by atoms with Gasteiger partial charge >= 0.3 is 5.69 Å². The average Bonchev–Trinajstić information content (AvgIpc) is 2.81. The van der Waals surface area contributed by atoms with Gasteiger partial charge in [-0.3, -0.25) is 10.1 Å². The van der Waals surface area contributed by atoms with Crippen molar-refractivity contribution in [3.63, 3.8) is 0 Å². The van der Waals surface area contributed by atoms with Crippen LogP contribution in [0.5, 0.6) is 0 Å². The molecule has 1 saturated heterocycles. The van der Waals surface area contributed by atoms with Crippen LogP contribution in [0.2, 0.25) is 0 Å². The van der Waals surface area contributed by atoms with Crippen LogP contribution in [-0.2, 0) is 0 Å². The van der Waals surface area contributed by atoms with Gasteiger partial charge in [-0.25, -0.2) is 4.98 Å². The first-order valence-electron chi connectivity index (χ1n) is 5.03. The Morgan fingerprint density at radius 3 is 2.69 bits per heavy atom. The molecule has 0 amide bonds. The van der Waals surface area contributed by atoms with E-state index in [2.05, 4.69) is 4.98 Å². The van der Waals surface area contributed by atoms with Crippen LogP contribution in [0.4, 0.5) is 11.5 Å². The van der Waals surface area contributed by atoms with Gasteiger partial charge in [0.25, 0.3) is 0 Å². The summed E-state index contributed by atoms with van der Waals surface area (Å²) in [6.45, 7) is 1.80. The minimum atomic E-state index is -0.584. The van der Waals surface area contributed by atoms with E-state index in [1.54, 1.807) is 12.1 Å². The molecule has 1 aliphatic rings. The minimum Gasteiger partial charge on any atom is -0.357 e. The highest BCUT2D eigenvalue weighted by atomic mass is 16.6. The van der Waals surface area contributed by atoms with Crippen LogP contribution < -0.4 is 4.90 Å². The Hall–Kier alpha value is -2.16. The molecule has 6 nitrogen and oxygen atoms in total. The van der Waals surface area contributed by atoms with Crippen molar-refractivity contribution in [2.75, 3.05) is 18.0 Å². The molecule has 1 aliphatic heterocycles. The molecular weight excluding hydrogens is 208 g/mol. The second kappa shape index (κ2) is 4.14. The molecule has 0 bridgehead atoms. The summed E-state index contributed by atoms with van der Waals surface area (Å²) >= 11 is 0. The maximum atomic E-state index is 10.6. The van der Waals surface area contributed by atoms with Crippen LogP contribution in [0.3, 0.4) is 0 Å². The molecule has 0 saturated carbocycles. The Labute approximate surface area is 92.3 Å². The molecule has 0 radical (unpaired) electrons. The summed E-state index contributed by atoms with van der Waals surface area (Å²) in [6, 6.07) is 4.71. The van der Waals surface area contributed by atoms with Gasteiger partial charge in [0.2, 0.25) is 5.69 Å². The predicted molar refractivity (Wildman–Crippen MR) is 57.1 cm³/mol. The van der Waals surface area contributed by atoms with E-state index in [9.17, 15) is 10.1 Å². The molecule has 1 aromatic rings. The van der Waals surface area contributed by atoms with E-state index >= 15 is 0 Å². The Morgan fingerprint density at radius 1 is 1.44 bits per heavy atom. The Morgan fingerprint density at radius 2 is 2.12 bits per heavy atom. The lowest BCUT2D eigenvalue weighted by Crippen LogP contribution is -2.19. The van der Waals surface area contributed by atoms with Crippen molar-refractivity contribution in [2.24, 2.45) is 0 Å². The molecule has 0 N–H and O–H groups in total. The van der Waals surface area contributed by atoms with Crippen molar-refractivity contribution in [3.8, 4) is 6.07 Å². The van der Waals surface area contributed by atoms with Gasteiger partial charge in [0, 0.05) is 19.2 Å². The molecule has 16 heavy (non-hydrogen) atoms. The number of rotatable bonds is 2. The number of nitriles is 1. The summed E-state index contributed by atoms with van der Waals surface area (Å²) in [6.07, 6.45) is 2.20. The van der Waals surface area contributed by atoms with Gasteiger partial charge in [-0.05, 0) is 18.9 Å². The quantitative estimate of drug-likeness (QED) is 0.554. The van der Waals surface area contributed by atoms with Crippen molar-refractivity contribution in [3.05, 3.63) is 27.9 Å². The van der Waals surface area contributed by atoms with Gasteiger partial charge in [-0.2, -0.15) is 5.26 Å². The van der Waals surface area contributed by atoms with Gasteiger partial charge in [0.05, 0.1) is 4.92 Å². The first-order valence-corrected chi connectivity index (χ1v) is 5.03. The molecule has 82 valence electrons. The molecule has 6 heteroatoms. The first-order chi connectivity index (χ1) is 7.72. The number of nitro groups is 1. The maximum absolute atomic E-state index is 10.6. The number of hydrogen-bond donors (Lipinski definition) is 0. The molecule has 0 spiro atoms. The normalized spacial score (nSPS) is 14.8. The molecule has 0 unspecified atom stereocenters. The minimum absolute atomic E-state index is 0.116. The summed E-state index contributed by atoms with van der Waals surface area (Å²) in [7, 11) is 0. The molecule has 0 aliphatic carbocycles. The van der Waals surface area contributed by atoms with Crippen molar-refractivity contribution >= 4 is 11.5 Å². The van der Waals surface area contributed by atoms with Crippen LogP contribution in [0.15, 0.2) is 12.1 Å². The number of anilines is 1. The lowest BCUT2D eigenvalue weighted by molar-refractivity contribution is -0.385. The molecule has 1 aromatic heterocycles. The fraction of sp³-hybridized carbons (Fsp3) is 0.400. The SMILES string of the molecule is N#Cc1nc(N2CCCC2)ccc1[N+](=O)[O-]. The van der Waals surface area contributed by atoms with E-state index < -0.39 is 4.92 Å². The summed E-state index contributed by atoms with van der Waals surface area (Å²) in [5.74, 6) is 0.652. The van der Waals surface area contributed by atoms with E-state index in [1.165, 1.54) is 6.07 Å². The Balaban J connectivity index is 2.37. The molecule has 2 heterocycles. The molecule has 0 aromatic carbocycles. The highest BCUT2D eigenvalue weighted by Crippen LogP contribution is 2.23. The lowest BCUT2D eigenvalue weighted by Gasteiger charge is -2.15. The van der Waals surface area contributed by atoms with E-state index in [1.807, 2.05) is 4.90 Å². The van der Waals surface area contributed by atoms with E-state index in [-0.39, 0.29) is 11.4 Å². The fourth-order valence-electron chi connectivity index (χ4n) is 1.79. The second-order valence-electron chi connectivity index (χ2n) is 3.60. The lowest BCUT2D eigenvalue weighted by atomic mass is 10.3. The predicted octanol–water partition coefficient (Wildman–Crippen LogP) is 1.46. The van der Waals surface area contributed by atoms with Crippen molar-refractivity contribution < 1.29 is 4.92 Å². The number of pyridine rings is 1. The molecule has 2 rings (SSSR count). The van der Waals surface area contributed by atoms with Crippen molar-refractivity contribution in [1.29, 1.82) is 5.26 Å². The van der Waals surface area contributed by atoms with Crippen molar-refractivity contribution in [2.45, 2.75) is 12.8 Å². The highest BCUT2D eigenvalue weighted by molar-refractivity contribution is 5.51. The van der Waals surface area contributed by atoms with Crippen LogP contribution in [-0.4, -0.2) is 23.0 Å². The van der Waals surface area contributed by atoms with Crippen molar-refractivity contribution in [1.82, 2.24) is 4.98 Å². The third-order valence-electron chi connectivity index (χ3n) is 2.59. The largest absolute Gasteiger partial charge is 0.357 e. The average molecular weight is 218 g/mol. The van der Waals surface area contributed by atoms with Crippen LogP contribution in [0, 0.1) is 21.4 Å². The fourth-order valence-corrected chi connectivity index (χ4v) is 1.79. The van der Waals surface area contributed by atoms with E-state index in [0.717, 1.165) is 25.9 Å². The van der Waals surface area contributed by atoms with Crippen LogP contribution in [0.1, 0.15) is 18.5 Å². The second-order valence-corrected chi connectivity index (χ2v) is 3.60. The van der Waals surface area contributed by atoms with E-state index in [4.69, 9.17) is 5.26 Å². The first kappa shape index (κ1) is 10.4. The number of hydrogen-bond acceptors (Lipinski definition) is 5. The summed E-state index contributed by atoms with van der Waals surface area (Å²) in [5, 5.41) is 19.4. The zero-order chi connectivity index (χ0) is 11.5. The monoisotopic (exact) mass is 218 g/mol. The van der Waals surface area contributed by atoms with Crippen LogP contribution in [0.25, 0.3) is 0 Å². The number of nitrogens with zero attached hydrogens (tertiary/aromatic N) is 4. The van der Waals surface area contributed by atoms with E-state index in [0.29, 0.717) is 5.82 Å². The zero-order valence-electron chi connectivity index (χ0n) is 8.59. The Bertz CT molecular complexity index is 460. The van der Waals surface area contributed by atoms with Gasteiger partial charge in [0.1, 0.15) is 11.9 Å². The van der Waals surface area contributed by atoms with Gasteiger partial charge in [0.15, 0.2) is 0 Å². The summed E-state index contributed by atoms with van der Waals surface area (Å²) in [5.41, 5.74) is -0.347. The standard InChI is InChI=1S/C10H10N4O2/c11-7-8-9(14(15)16)3-4-10(12-8)13-5-1-2-6-13/h3-4H,1-2,5-6H2. The third-order valence-corrected chi connectivity index (χ3v) is 2.59. The molecule has 1 fully saturated rings. The van der Waals surface area contributed by atoms with Gasteiger partial charge < -0.3 is 4.90 Å². The van der Waals surface area contributed by atoms with Gasteiger partial charge in [-0.15, -0.1) is 0 Å². The summed E-state index contributed by atoms with van der Waals surface area (Å²) < 4.78 is 0.